The number of carbonyl (C=O) groups is 2. The number of thiol groups is 1. The smallest absolute Gasteiger partial charge is 0.327 e. The number of nitrogens with zero attached hydrogens (tertiary/aromatic N) is 1. The predicted molar refractivity (Wildman–Crippen MR) is 72.3 cm³/mol. The van der Waals surface area contributed by atoms with E-state index in [1.165, 1.54) is 0 Å². The Morgan fingerprint density at radius 3 is 2.33 bits per heavy atom. The van der Waals surface area contributed by atoms with Crippen LogP contribution in [0.2, 0.25) is 0 Å². The molecule has 0 aromatic rings. The summed E-state index contributed by atoms with van der Waals surface area (Å²) in [6.07, 6.45) is 2.11. The molecular weight excluding hydrogens is 252 g/mol. The number of ether oxygens (including phenoxy) is 1. The molecule has 1 aliphatic heterocycles. The van der Waals surface area contributed by atoms with Gasteiger partial charge in [0, 0.05) is 19.5 Å². The second-order valence-electron chi connectivity index (χ2n) is 5.64. The molecule has 1 saturated heterocycles. The molecule has 1 aliphatic rings. The van der Waals surface area contributed by atoms with Gasteiger partial charge >= 0.3 is 12.0 Å². The van der Waals surface area contributed by atoms with Crippen molar-refractivity contribution in [1.82, 2.24) is 9.62 Å². The first-order valence-corrected chi connectivity index (χ1v) is 6.67. The van der Waals surface area contributed by atoms with Crippen molar-refractivity contribution in [2.75, 3.05) is 13.1 Å². The number of urea groups is 1. The molecule has 0 aromatic heterocycles. The normalized spacial score (nSPS) is 17.4. The van der Waals surface area contributed by atoms with Crippen LogP contribution < -0.4 is 4.72 Å². The monoisotopic (exact) mass is 274 g/mol. The third-order valence-corrected chi connectivity index (χ3v) is 3.06. The molecule has 0 aromatic carbocycles. The molecular formula is C12H22N2O3S. The topological polar surface area (TPSA) is 58.6 Å². The van der Waals surface area contributed by atoms with Crippen LogP contribution in [0, 0.1) is 5.92 Å². The number of likely N-dealkylation sites (tertiary alicyclic amines) is 1. The van der Waals surface area contributed by atoms with Gasteiger partial charge in [0.2, 0.25) is 0 Å². The van der Waals surface area contributed by atoms with Gasteiger partial charge in [-0.2, -0.15) is 0 Å². The lowest BCUT2D eigenvalue weighted by Crippen LogP contribution is -2.42. The van der Waals surface area contributed by atoms with E-state index in [9.17, 15) is 9.59 Å². The highest BCUT2D eigenvalue weighted by Gasteiger charge is 2.26. The van der Waals surface area contributed by atoms with E-state index in [1.54, 1.807) is 4.90 Å². The number of nitrogens with one attached hydrogen (secondary N) is 1. The minimum atomic E-state index is -0.427. The first-order valence-electron chi connectivity index (χ1n) is 6.22. The Bertz CT molecular complexity index is 307. The van der Waals surface area contributed by atoms with Gasteiger partial charge < -0.3 is 9.64 Å². The zero-order chi connectivity index (χ0) is 13.8. The van der Waals surface area contributed by atoms with E-state index >= 15 is 0 Å². The van der Waals surface area contributed by atoms with Crippen molar-refractivity contribution in [2.45, 2.75) is 45.6 Å². The van der Waals surface area contributed by atoms with Crippen molar-refractivity contribution >= 4 is 24.8 Å². The molecule has 5 nitrogen and oxygen atoms in total. The number of amides is 2. The molecule has 0 spiro atoms. The lowest BCUT2D eigenvalue weighted by atomic mass is 9.94. The molecule has 1 rings (SSSR count). The Morgan fingerprint density at radius 2 is 1.89 bits per heavy atom. The average Bonchev–Trinajstić information content (AvgIpc) is 2.26. The molecule has 6 heteroatoms. The van der Waals surface area contributed by atoms with E-state index in [0.717, 1.165) is 12.8 Å². The van der Waals surface area contributed by atoms with Crippen LogP contribution in [0.5, 0.6) is 0 Å². The van der Waals surface area contributed by atoms with Gasteiger partial charge in [-0.05, 0) is 39.5 Å². The Balaban J connectivity index is 2.31. The molecule has 1 fully saturated rings. The largest absolute Gasteiger partial charge is 0.460 e. The second kappa shape index (κ2) is 6.31. The number of piperidine rings is 1. The molecule has 0 saturated carbocycles. The Hall–Kier alpha value is -0.910. The minimum Gasteiger partial charge on any atom is -0.460 e. The Morgan fingerprint density at radius 1 is 1.33 bits per heavy atom. The molecule has 0 radical (unpaired) electrons. The number of hydrogen-bond acceptors (Lipinski definition) is 4. The highest BCUT2D eigenvalue weighted by molar-refractivity contribution is 7.78. The van der Waals surface area contributed by atoms with Gasteiger partial charge in [-0.1, -0.05) is 12.8 Å². The van der Waals surface area contributed by atoms with Crippen LogP contribution in [-0.4, -0.2) is 35.6 Å². The van der Waals surface area contributed by atoms with Crippen LogP contribution in [-0.2, 0) is 9.53 Å². The first kappa shape index (κ1) is 15.1. The van der Waals surface area contributed by atoms with Crippen molar-refractivity contribution in [3.8, 4) is 0 Å². The SMILES string of the molecule is CC(C)(C)OC(=O)CC1CCN(C(=O)NS)CC1. The van der Waals surface area contributed by atoms with E-state index in [1.807, 2.05) is 20.8 Å². The predicted octanol–water partition coefficient (Wildman–Crippen LogP) is 1.98. The van der Waals surface area contributed by atoms with Crippen LogP contribution in [0.4, 0.5) is 4.79 Å². The molecule has 0 aliphatic carbocycles. The lowest BCUT2D eigenvalue weighted by molar-refractivity contribution is -0.156. The van der Waals surface area contributed by atoms with Crippen molar-refractivity contribution in [1.29, 1.82) is 0 Å². The first-order chi connectivity index (χ1) is 8.31. The van der Waals surface area contributed by atoms with Gasteiger partial charge in [0.15, 0.2) is 0 Å². The number of hydrogen-bond donors (Lipinski definition) is 2. The molecule has 104 valence electrons. The third-order valence-electron chi connectivity index (χ3n) is 2.87. The summed E-state index contributed by atoms with van der Waals surface area (Å²) in [5.41, 5.74) is -0.427. The third kappa shape index (κ3) is 5.16. The van der Waals surface area contributed by atoms with E-state index < -0.39 is 5.60 Å². The van der Waals surface area contributed by atoms with Crippen molar-refractivity contribution in [2.24, 2.45) is 5.92 Å². The zero-order valence-electron chi connectivity index (χ0n) is 11.2. The average molecular weight is 274 g/mol. The van der Waals surface area contributed by atoms with Gasteiger partial charge in [-0.15, -0.1) is 0 Å². The number of carbonyl (C=O) groups excluding carboxylic acids is 2. The maximum Gasteiger partial charge on any atom is 0.327 e. The summed E-state index contributed by atoms with van der Waals surface area (Å²) < 4.78 is 7.60. The number of esters is 1. The maximum absolute atomic E-state index is 11.7. The molecule has 18 heavy (non-hydrogen) atoms. The molecule has 0 unspecified atom stereocenters. The summed E-state index contributed by atoms with van der Waals surface area (Å²) in [6, 6.07) is -0.172. The second-order valence-corrected chi connectivity index (χ2v) is 5.86. The maximum atomic E-state index is 11.7. The Labute approximate surface area is 114 Å². The van der Waals surface area contributed by atoms with Crippen LogP contribution in [0.3, 0.4) is 0 Å². The minimum absolute atomic E-state index is 0.153. The zero-order valence-corrected chi connectivity index (χ0v) is 12.1. The van der Waals surface area contributed by atoms with E-state index in [0.29, 0.717) is 25.4 Å². The van der Waals surface area contributed by atoms with Crippen LogP contribution >= 0.6 is 12.8 Å². The Kier molecular flexibility index (Phi) is 5.31. The summed E-state index contributed by atoms with van der Waals surface area (Å²) in [4.78, 5) is 24.7. The number of rotatable bonds is 2. The summed E-state index contributed by atoms with van der Waals surface area (Å²) in [5, 5.41) is 0. The van der Waals surface area contributed by atoms with Crippen molar-refractivity contribution in [3.63, 3.8) is 0 Å². The summed E-state index contributed by atoms with van der Waals surface area (Å²) in [6.45, 7) is 6.93. The van der Waals surface area contributed by atoms with Gasteiger partial charge in [0.1, 0.15) is 5.60 Å². The fourth-order valence-corrected chi connectivity index (χ4v) is 2.17. The van der Waals surface area contributed by atoms with E-state index in [2.05, 4.69) is 17.5 Å². The van der Waals surface area contributed by atoms with Crippen LogP contribution in [0.25, 0.3) is 0 Å². The summed E-state index contributed by atoms with van der Waals surface area (Å²) in [5.74, 6) is 0.156. The molecule has 2 amide bonds. The molecule has 0 atom stereocenters. The van der Waals surface area contributed by atoms with E-state index in [4.69, 9.17) is 4.74 Å². The van der Waals surface area contributed by atoms with Crippen LogP contribution in [0.1, 0.15) is 40.0 Å². The van der Waals surface area contributed by atoms with Crippen molar-refractivity contribution in [3.05, 3.63) is 0 Å². The highest BCUT2D eigenvalue weighted by Crippen LogP contribution is 2.22. The van der Waals surface area contributed by atoms with Gasteiger partial charge in [0.05, 0.1) is 0 Å². The lowest BCUT2D eigenvalue weighted by Gasteiger charge is -2.31. The van der Waals surface area contributed by atoms with Crippen molar-refractivity contribution < 1.29 is 14.3 Å². The van der Waals surface area contributed by atoms with Gasteiger partial charge in [-0.3, -0.25) is 9.52 Å². The molecule has 1 heterocycles. The van der Waals surface area contributed by atoms with E-state index in [-0.39, 0.29) is 12.0 Å². The quantitative estimate of drug-likeness (QED) is 0.598. The molecule has 1 N–H and O–H groups in total. The van der Waals surface area contributed by atoms with Gasteiger partial charge in [0.25, 0.3) is 0 Å². The highest BCUT2D eigenvalue weighted by atomic mass is 32.1. The van der Waals surface area contributed by atoms with Crippen LogP contribution in [0.15, 0.2) is 0 Å². The van der Waals surface area contributed by atoms with Gasteiger partial charge in [-0.25, -0.2) is 4.79 Å². The summed E-state index contributed by atoms with van der Waals surface area (Å²) >= 11 is 3.74. The summed E-state index contributed by atoms with van der Waals surface area (Å²) in [7, 11) is 0. The standard InChI is InChI=1S/C12H22N2O3S/c1-12(2,3)17-10(15)8-9-4-6-14(7-5-9)11(16)13-18/h9,18H,4-8H2,1-3H3,(H,13,16). The fourth-order valence-electron chi connectivity index (χ4n) is 2.03. The molecule has 0 bridgehead atoms. The fraction of sp³-hybridized carbons (Fsp3) is 0.833.